The number of para-hydroxylation sites is 1. The van der Waals surface area contributed by atoms with Gasteiger partial charge in [-0.2, -0.15) is 10.5 Å². The van der Waals surface area contributed by atoms with Gasteiger partial charge < -0.3 is 15.7 Å². The molecule has 3 N–H and O–H groups in total. The van der Waals surface area contributed by atoms with Gasteiger partial charge in [-0.25, -0.2) is 0 Å². The minimum atomic E-state index is -0.617. The van der Waals surface area contributed by atoms with Gasteiger partial charge in [0.2, 0.25) is 0 Å². The number of nitrogens with one attached hydrogen (secondary N) is 2. The first-order valence-corrected chi connectivity index (χ1v) is 5.90. The number of anilines is 1. The van der Waals surface area contributed by atoms with Crippen molar-refractivity contribution in [2.75, 3.05) is 11.9 Å². The number of aliphatic hydroxyl groups excluding tert-OH is 1. The molecule has 20 heavy (non-hydrogen) atoms. The fraction of sp³-hybridized carbons (Fsp3) is 0.214. The molecule has 0 heterocycles. The Morgan fingerprint density at radius 1 is 1.45 bits per heavy atom. The number of nitriles is 2. The van der Waals surface area contributed by atoms with Gasteiger partial charge in [0.05, 0.1) is 17.4 Å². The molecular formula is C14H14N4O2. The zero-order valence-electron chi connectivity index (χ0n) is 10.9. The Morgan fingerprint density at radius 2 is 2.15 bits per heavy atom. The van der Waals surface area contributed by atoms with Crippen molar-refractivity contribution >= 4 is 11.6 Å². The summed E-state index contributed by atoms with van der Waals surface area (Å²) in [6, 6.07) is 10.2. The highest BCUT2D eigenvalue weighted by Crippen LogP contribution is 2.14. The molecule has 0 saturated heterocycles. The van der Waals surface area contributed by atoms with Crippen molar-refractivity contribution in [1.82, 2.24) is 5.32 Å². The van der Waals surface area contributed by atoms with Crippen LogP contribution < -0.4 is 10.6 Å². The highest BCUT2D eigenvalue weighted by Gasteiger charge is 2.11. The first kappa shape index (κ1) is 15.2. The molecule has 0 aliphatic carbocycles. The fourth-order valence-corrected chi connectivity index (χ4v) is 1.36. The average molecular weight is 270 g/mol. The number of rotatable bonds is 5. The van der Waals surface area contributed by atoms with Crippen LogP contribution in [0.1, 0.15) is 12.5 Å². The zero-order valence-corrected chi connectivity index (χ0v) is 10.9. The van der Waals surface area contributed by atoms with E-state index in [0.29, 0.717) is 11.3 Å². The number of carbonyl (C=O) groups excluding carboxylic acids is 1. The summed E-state index contributed by atoms with van der Waals surface area (Å²) in [6.45, 7) is 1.81. The quantitative estimate of drug-likeness (QED) is 0.543. The number of hydrogen-bond acceptors (Lipinski definition) is 5. The predicted molar refractivity (Wildman–Crippen MR) is 73.2 cm³/mol. The van der Waals surface area contributed by atoms with Gasteiger partial charge in [-0.1, -0.05) is 12.1 Å². The Bertz CT molecular complexity index is 594. The van der Waals surface area contributed by atoms with E-state index in [1.54, 1.807) is 37.3 Å². The highest BCUT2D eigenvalue weighted by molar-refractivity contribution is 6.07. The number of amides is 1. The summed E-state index contributed by atoms with van der Waals surface area (Å²) < 4.78 is 0. The normalized spacial score (nSPS) is 11.9. The molecule has 0 spiro atoms. The van der Waals surface area contributed by atoms with Crippen LogP contribution in [0.2, 0.25) is 0 Å². The summed E-state index contributed by atoms with van der Waals surface area (Å²) in [7, 11) is 0. The molecule has 0 bridgehead atoms. The number of hydrogen-bond donors (Lipinski definition) is 3. The Labute approximate surface area is 117 Å². The lowest BCUT2D eigenvalue weighted by Crippen LogP contribution is -2.22. The molecular weight excluding hydrogens is 256 g/mol. The van der Waals surface area contributed by atoms with Gasteiger partial charge in [-0.3, -0.25) is 4.79 Å². The summed E-state index contributed by atoms with van der Waals surface area (Å²) in [5.74, 6) is -0.617. The summed E-state index contributed by atoms with van der Waals surface area (Å²) in [6.07, 6.45) is 0.644. The van der Waals surface area contributed by atoms with E-state index in [4.69, 9.17) is 15.6 Å². The predicted octanol–water partition coefficient (Wildman–Crippen LogP) is 0.875. The molecule has 6 heteroatoms. The molecule has 102 valence electrons. The zero-order chi connectivity index (χ0) is 15.0. The van der Waals surface area contributed by atoms with E-state index in [9.17, 15) is 4.79 Å². The van der Waals surface area contributed by atoms with E-state index < -0.39 is 12.0 Å². The average Bonchev–Trinajstić information content (AvgIpc) is 2.43. The van der Waals surface area contributed by atoms with Crippen molar-refractivity contribution in [2.24, 2.45) is 0 Å². The van der Waals surface area contributed by atoms with Crippen LogP contribution in [0.15, 0.2) is 36.0 Å². The van der Waals surface area contributed by atoms with Crippen LogP contribution in [0.3, 0.4) is 0 Å². The standard InChI is InChI=1S/C14H14N4O2/c1-10(19)8-17-9-12(7-16)14(20)18-13-5-3-2-4-11(13)6-15/h2-5,9-10,17,19H,8H2,1H3,(H,18,20)/b12-9-. The minimum Gasteiger partial charge on any atom is -0.392 e. The van der Waals surface area contributed by atoms with Gasteiger partial charge in [0.25, 0.3) is 5.91 Å². The van der Waals surface area contributed by atoms with Crippen LogP contribution in [0.5, 0.6) is 0 Å². The summed E-state index contributed by atoms with van der Waals surface area (Å²) in [4.78, 5) is 11.9. The molecule has 1 rings (SSSR count). The SMILES string of the molecule is CC(O)CN/C=C(/C#N)C(=O)Nc1ccccc1C#N. The number of nitrogens with zero attached hydrogens (tertiary/aromatic N) is 2. The van der Waals surface area contributed by atoms with E-state index in [2.05, 4.69) is 10.6 Å². The number of aliphatic hydroxyl groups is 1. The lowest BCUT2D eigenvalue weighted by Gasteiger charge is -2.07. The molecule has 0 fully saturated rings. The molecule has 0 aliphatic rings. The third-order valence-corrected chi connectivity index (χ3v) is 2.32. The molecule has 0 radical (unpaired) electrons. The third kappa shape index (κ3) is 4.45. The molecule has 1 aromatic carbocycles. The lowest BCUT2D eigenvalue weighted by molar-refractivity contribution is -0.112. The Balaban J connectivity index is 2.79. The Kier molecular flexibility index (Phi) is 5.76. The molecule has 1 unspecified atom stereocenters. The monoisotopic (exact) mass is 270 g/mol. The summed E-state index contributed by atoms with van der Waals surface area (Å²) >= 11 is 0. The third-order valence-electron chi connectivity index (χ3n) is 2.32. The highest BCUT2D eigenvalue weighted by atomic mass is 16.3. The van der Waals surface area contributed by atoms with Crippen LogP contribution in [0.25, 0.3) is 0 Å². The maximum Gasteiger partial charge on any atom is 0.267 e. The molecule has 0 saturated carbocycles. The largest absolute Gasteiger partial charge is 0.392 e. The van der Waals surface area contributed by atoms with Crippen molar-refractivity contribution in [1.29, 1.82) is 10.5 Å². The van der Waals surface area contributed by atoms with E-state index in [0.717, 1.165) is 0 Å². The Hall–Kier alpha value is -2.83. The first-order valence-electron chi connectivity index (χ1n) is 5.90. The van der Waals surface area contributed by atoms with E-state index >= 15 is 0 Å². The topological polar surface area (TPSA) is 109 Å². The van der Waals surface area contributed by atoms with Crippen molar-refractivity contribution in [3.05, 3.63) is 41.6 Å². The first-order chi connectivity index (χ1) is 9.58. The molecule has 1 atom stereocenters. The lowest BCUT2D eigenvalue weighted by atomic mass is 10.2. The maximum absolute atomic E-state index is 11.9. The summed E-state index contributed by atoms with van der Waals surface area (Å²) in [5, 5.41) is 32.1. The van der Waals surface area contributed by atoms with Crippen LogP contribution in [0.4, 0.5) is 5.69 Å². The molecule has 1 aromatic rings. The fourth-order valence-electron chi connectivity index (χ4n) is 1.36. The van der Waals surface area contributed by atoms with E-state index in [1.165, 1.54) is 6.20 Å². The molecule has 0 aliphatic heterocycles. The van der Waals surface area contributed by atoms with Gasteiger partial charge in [-0.15, -0.1) is 0 Å². The van der Waals surface area contributed by atoms with Gasteiger partial charge in [0.15, 0.2) is 0 Å². The van der Waals surface area contributed by atoms with Gasteiger partial charge >= 0.3 is 0 Å². The van der Waals surface area contributed by atoms with Crippen molar-refractivity contribution in [2.45, 2.75) is 13.0 Å². The van der Waals surface area contributed by atoms with E-state index in [1.807, 2.05) is 6.07 Å². The minimum absolute atomic E-state index is 0.140. The van der Waals surface area contributed by atoms with Crippen LogP contribution in [-0.2, 0) is 4.79 Å². The van der Waals surface area contributed by atoms with Crippen molar-refractivity contribution in [3.63, 3.8) is 0 Å². The van der Waals surface area contributed by atoms with Crippen molar-refractivity contribution in [3.8, 4) is 12.1 Å². The smallest absolute Gasteiger partial charge is 0.267 e. The van der Waals surface area contributed by atoms with Gasteiger partial charge in [-0.05, 0) is 19.1 Å². The molecule has 6 nitrogen and oxygen atoms in total. The van der Waals surface area contributed by atoms with Crippen LogP contribution >= 0.6 is 0 Å². The number of carbonyl (C=O) groups is 1. The second-order valence-electron chi connectivity index (χ2n) is 4.04. The van der Waals surface area contributed by atoms with Crippen LogP contribution in [0, 0.1) is 22.7 Å². The van der Waals surface area contributed by atoms with Gasteiger partial charge in [0.1, 0.15) is 17.7 Å². The Morgan fingerprint density at radius 3 is 2.75 bits per heavy atom. The molecule has 0 aromatic heterocycles. The maximum atomic E-state index is 11.9. The second kappa shape index (κ2) is 7.57. The van der Waals surface area contributed by atoms with Crippen molar-refractivity contribution < 1.29 is 9.90 Å². The van der Waals surface area contributed by atoms with E-state index in [-0.39, 0.29) is 12.1 Å². The van der Waals surface area contributed by atoms with Gasteiger partial charge in [0, 0.05) is 12.7 Å². The summed E-state index contributed by atoms with van der Waals surface area (Å²) in [5.41, 5.74) is 0.519. The number of benzene rings is 1. The van der Waals surface area contributed by atoms with Crippen LogP contribution in [-0.4, -0.2) is 23.7 Å². The second-order valence-corrected chi connectivity index (χ2v) is 4.04. The molecule has 1 amide bonds.